The van der Waals surface area contributed by atoms with Crippen molar-refractivity contribution in [2.75, 3.05) is 13.1 Å². The van der Waals surface area contributed by atoms with Crippen molar-refractivity contribution in [1.82, 2.24) is 14.5 Å². The highest BCUT2D eigenvalue weighted by molar-refractivity contribution is 6.30. The second-order valence-electron chi connectivity index (χ2n) is 6.23. The number of benzene rings is 1. The predicted octanol–water partition coefficient (Wildman–Crippen LogP) is 1.40. The number of fused-ring (bicyclic) bond motifs is 1. The molecule has 0 unspecified atom stereocenters. The molecule has 2 heterocycles. The third-order valence-electron chi connectivity index (χ3n) is 4.67. The zero-order chi connectivity index (χ0) is 18.1. The molecule has 6 nitrogen and oxygen atoms in total. The molecular formula is C18H20ClN3O3. The van der Waals surface area contributed by atoms with Crippen molar-refractivity contribution in [2.45, 2.75) is 25.9 Å². The van der Waals surface area contributed by atoms with Gasteiger partial charge in [0.15, 0.2) is 6.10 Å². The quantitative estimate of drug-likeness (QED) is 0.877. The van der Waals surface area contributed by atoms with Gasteiger partial charge in [0.25, 0.3) is 11.5 Å². The van der Waals surface area contributed by atoms with Gasteiger partial charge in [0.1, 0.15) is 5.82 Å². The lowest BCUT2D eigenvalue weighted by Crippen LogP contribution is -2.37. The molecule has 1 aromatic carbocycles. The van der Waals surface area contributed by atoms with Gasteiger partial charge < -0.3 is 10.0 Å². The number of hydrogen-bond donors (Lipinski definition) is 1. The van der Waals surface area contributed by atoms with Crippen molar-refractivity contribution in [3.05, 3.63) is 62.3 Å². The lowest BCUT2D eigenvalue weighted by Gasteiger charge is -2.23. The van der Waals surface area contributed by atoms with Crippen LogP contribution < -0.4 is 5.56 Å². The van der Waals surface area contributed by atoms with E-state index in [1.54, 1.807) is 43.1 Å². The zero-order valence-corrected chi connectivity index (χ0v) is 15.0. The fraction of sp³-hybridized carbons (Fsp3) is 0.389. The molecule has 1 aliphatic heterocycles. The number of aryl methyl sites for hydroxylation is 1. The number of aromatic nitrogens is 2. The lowest BCUT2D eigenvalue weighted by atomic mass is 10.1. The number of carbonyl (C=O) groups is 1. The maximum atomic E-state index is 12.6. The Labute approximate surface area is 150 Å². The smallest absolute Gasteiger partial charge is 0.256 e. The van der Waals surface area contributed by atoms with Crippen LogP contribution in [-0.2, 0) is 24.7 Å². The number of rotatable bonds is 2. The molecule has 132 valence electrons. The van der Waals surface area contributed by atoms with Gasteiger partial charge in [-0.2, -0.15) is 0 Å². The second kappa shape index (κ2) is 6.98. The van der Waals surface area contributed by atoms with Crippen molar-refractivity contribution in [1.29, 1.82) is 0 Å². The van der Waals surface area contributed by atoms with Gasteiger partial charge in [-0.05, 0) is 31.0 Å². The van der Waals surface area contributed by atoms with E-state index in [1.165, 1.54) is 4.57 Å². The molecule has 1 N–H and O–H groups in total. The maximum Gasteiger partial charge on any atom is 0.256 e. The minimum absolute atomic E-state index is 0.0601. The molecular weight excluding hydrogens is 342 g/mol. The van der Waals surface area contributed by atoms with Crippen LogP contribution in [0.3, 0.4) is 0 Å². The van der Waals surface area contributed by atoms with Crippen molar-refractivity contribution >= 4 is 17.5 Å². The van der Waals surface area contributed by atoms with Crippen LogP contribution in [0.4, 0.5) is 0 Å². The summed E-state index contributed by atoms with van der Waals surface area (Å²) in [6, 6.07) is 6.56. The van der Waals surface area contributed by atoms with Crippen molar-refractivity contribution in [3.8, 4) is 0 Å². The van der Waals surface area contributed by atoms with Gasteiger partial charge in [-0.3, -0.25) is 14.2 Å². The first-order chi connectivity index (χ1) is 11.9. The minimum atomic E-state index is -1.24. The summed E-state index contributed by atoms with van der Waals surface area (Å²) in [4.78, 5) is 31.1. The summed E-state index contributed by atoms with van der Waals surface area (Å²) in [5, 5.41) is 10.9. The van der Waals surface area contributed by atoms with Crippen LogP contribution in [0, 0.1) is 6.92 Å². The summed E-state index contributed by atoms with van der Waals surface area (Å²) in [6.07, 6.45) is -0.296. The third-order valence-corrected chi connectivity index (χ3v) is 4.93. The van der Waals surface area contributed by atoms with E-state index in [2.05, 4.69) is 4.98 Å². The summed E-state index contributed by atoms with van der Waals surface area (Å²) >= 11 is 5.84. The van der Waals surface area contributed by atoms with Gasteiger partial charge in [-0.15, -0.1) is 0 Å². The Morgan fingerprint density at radius 2 is 1.88 bits per heavy atom. The van der Waals surface area contributed by atoms with E-state index in [0.717, 1.165) is 5.69 Å². The van der Waals surface area contributed by atoms with Gasteiger partial charge in [-0.25, -0.2) is 4.98 Å². The first-order valence-electron chi connectivity index (χ1n) is 8.16. The molecule has 2 aromatic rings. The summed E-state index contributed by atoms with van der Waals surface area (Å²) < 4.78 is 1.53. The van der Waals surface area contributed by atoms with E-state index >= 15 is 0 Å². The topological polar surface area (TPSA) is 75.4 Å². The van der Waals surface area contributed by atoms with Gasteiger partial charge in [0.2, 0.25) is 0 Å². The first kappa shape index (κ1) is 17.6. The Morgan fingerprint density at radius 1 is 1.24 bits per heavy atom. The third kappa shape index (κ3) is 3.45. The number of aliphatic hydroxyl groups is 1. The van der Waals surface area contributed by atoms with Gasteiger partial charge in [-0.1, -0.05) is 23.7 Å². The number of hydrogen-bond acceptors (Lipinski definition) is 4. The first-order valence-corrected chi connectivity index (χ1v) is 8.54. The Balaban J connectivity index is 1.79. The largest absolute Gasteiger partial charge is 0.378 e. The van der Waals surface area contributed by atoms with Crippen LogP contribution in [-0.4, -0.2) is 38.6 Å². The van der Waals surface area contributed by atoms with E-state index in [1.807, 2.05) is 0 Å². The van der Waals surface area contributed by atoms with Gasteiger partial charge in [0, 0.05) is 37.1 Å². The van der Waals surface area contributed by atoms with E-state index in [4.69, 9.17) is 11.6 Å². The predicted molar refractivity (Wildman–Crippen MR) is 94.6 cm³/mol. The van der Waals surface area contributed by atoms with Gasteiger partial charge >= 0.3 is 0 Å². The standard InChI is InChI=1S/C18H20ClN3O3/c1-11-20-15-8-10-22(9-7-14(15)17(24)21(11)2)18(25)16(23)12-3-5-13(19)6-4-12/h3-6,16,23H,7-10H2,1-2H3/t16-/m1/s1. The number of nitrogens with zero attached hydrogens (tertiary/aromatic N) is 3. The molecule has 25 heavy (non-hydrogen) atoms. The normalized spacial score (nSPS) is 15.4. The van der Waals surface area contributed by atoms with Crippen LogP contribution in [0.15, 0.2) is 29.1 Å². The summed E-state index contributed by atoms with van der Waals surface area (Å²) in [5.74, 6) is 0.286. The van der Waals surface area contributed by atoms with Crippen molar-refractivity contribution in [3.63, 3.8) is 0 Å². The Bertz CT molecular complexity index is 861. The average Bonchev–Trinajstić information content (AvgIpc) is 2.82. The molecule has 1 amide bonds. The molecule has 0 fully saturated rings. The van der Waals surface area contributed by atoms with Crippen LogP contribution in [0.2, 0.25) is 5.02 Å². The summed E-state index contributed by atoms with van der Waals surface area (Å²) in [5.41, 5.74) is 1.84. The zero-order valence-electron chi connectivity index (χ0n) is 14.2. The van der Waals surface area contributed by atoms with Gasteiger partial charge in [0.05, 0.1) is 5.69 Å². The molecule has 0 saturated carbocycles. The number of amides is 1. The monoisotopic (exact) mass is 361 g/mol. The molecule has 0 radical (unpaired) electrons. The highest BCUT2D eigenvalue weighted by atomic mass is 35.5. The minimum Gasteiger partial charge on any atom is -0.378 e. The number of halogens is 1. The molecule has 0 bridgehead atoms. The van der Waals surface area contributed by atoms with E-state index in [-0.39, 0.29) is 11.5 Å². The fourth-order valence-electron chi connectivity index (χ4n) is 3.05. The molecule has 7 heteroatoms. The fourth-order valence-corrected chi connectivity index (χ4v) is 3.18. The molecule has 1 aliphatic rings. The Morgan fingerprint density at radius 3 is 2.56 bits per heavy atom. The highest BCUT2D eigenvalue weighted by Crippen LogP contribution is 2.20. The van der Waals surface area contributed by atoms with E-state index < -0.39 is 6.10 Å². The second-order valence-corrected chi connectivity index (χ2v) is 6.66. The Kier molecular flexibility index (Phi) is 4.92. The van der Waals surface area contributed by atoms with Crippen LogP contribution in [0.25, 0.3) is 0 Å². The summed E-state index contributed by atoms with van der Waals surface area (Å²) in [7, 11) is 1.70. The molecule has 1 atom stereocenters. The van der Waals surface area contributed by atoms with Crippen LogP contribution >= 0.6 is 11.6 Å². The Hall–Kier alpha value is -2.18. The number of carbonyl (C=O) groups excluding carboxylic acids is 1. The highest BCUT2D eigenvalue weighted by Gasteiger charge is 2.27. The molecule has 3 rings (SSSR count). The lowest BCUT2D eigenvalue weighted by molar-refractivity contribution is -0.140. The average molecular weight is 362 g/mol. The van der Waals surface area contributed by atoms with Crippen molar-refractivity contribution < 1.29 is 9.90 Å². The number of aliphatic hydroxyl groups excluding tert-OH is 1. The summed E-state index contributed by atoms with van der Waals surface area (Å²) in [6.45, 7) is 2.60. The molecule has 1 aromatic heterocycles. The van der Waals surface area contributed by atoms with E-state index in [0.29, 0.717) is 47.9 Å². The molecule has 0 aliphatic carbocycles. The molecule has 0 saturated heterocycles. The van der Waals surface area contributed by atoms with Crippen molar-refractivity contribution in [2.24, 2.45) is 7.05 Å². The van der Waals surface area contributed by atoms with Crippen LogP contribution in [0.1, 0.15) is 28.7 Å². The van der Waals surface area contributed by atoms with Crippen LogP contribution in [0.5, 0.6) is 0 Å². The SMILES string of the molecule is Cc1nc2c(c(=O)n1C)CCN(C(=O)[C@H](O)c1ccc(Cl)cc1)CC2. The maximum absolute atomic E-state index is 12.6. The molecule has 0 spiro atoms. The van der Waals surface area contributed by atoms with E-state index in [9.17, 15) is 14.7 Å².